The van der Waals surface area contributed by atoms with E-state index < -0.39 is 10.0 Å². The normalized spacial score (nSPS) is 21.3. The monoisotopic (exact) mass is 376 g/mol. The number of benzene rings is 1. The number of rotatable bonds is 4. The average Bonchev–Trinajstić information content (AvgIpc) is 3.23. The SMILES string of the molecule is COc1ccc(S(=O)(=O)N2CCCC2c2nnc3n2CCCCC3)cc1. The topological polar surface area (TPSA) is 77.3 Å². The van der Waals surface area contributed by atoms with E-state index in [0.717, 1.165) is 50.3 Å². The number of hydrogen-bond donors (Lipinski definition) is 0. The van der Waals surface area contributed by atoms with Gasteiger partial charge in [0.05, 0.1) is 18.0 Å². The fraction of sp³-hybridized carbons (Fsp3) is 0.556. The maximum Gasteiger partial charge on any atom is 0.243 e. The number of methoxy groups -OCH3 is 1. The first-order valence-electron chi connectivity index (χ1n) is 9.19. The molecule has 0 N–H and O–H groups in total. The zero-order valence-corrected chi connectivity index (χ0v) is 15.8. The van der Waals surface area contributed by atoms with Crippen LogP contribution in [-0.2, 0) is 23.0 Å². The predicted octanol–water partition coefficient (Wildman–Crippen LogP) is 2.54. The summed E-state index contributed by atoms with van der Waals surface area (Å²) in [7, 11) is -2.01. The van der Waals surface area contributed by atoms with Crippen molar-refractivity contribution in [1.82, 2.24) is 19.1 Å². The van der Waals surface area contributed by atoms with Crippen molar-refractivity contribution in [3.05, 3.63) is 35.9 Å². The van der Waals surface area contributed by atoms with Gasteiger partial charge in [-0.05, 0) is 49.9 Å². The van der Waals surface area contributed by atoms with E-state index in [4.69, 9.17) is 4.74 Å². The van der Waals surface area contributed by atoms with E-state index in [0.29, 0.717) is 17.2 Å². The lowest BCUT2D eigenvalue weighted by molar-refractivity contribution is 0.370. The third-order valence-electron chi connectivity index (χ3n) is 5.31. The summed E-state index contributed by atoms with van der Waals surface area (Å²) in [6, 6.07) is 6.34. The first-order valence-corrected chi connectivity index (χ1v) is 10.6. The molecule has 1 fully saturated rings. The average molecular weight is 376 g/mol. The summed E-state index contributed by atoms with van der Waals surface area (Å²) in [6.07, 6.45) is 5.94. The Morgan fingerprint density at radius 3 is 2.62 bits per heavy atom. The molecular formula is C18H24N4O3S. The highest BCUT2D eigenvalue weighted by Gasteiger charge is 2.39. The van der Waals surface area contributed by atoms with Crippen LogP contribution in [0.15, 0.2) is 29.2 Å². The molecule has 1 aromatic heterocycles. The van der Waals surface area contributed by atoms with Crippen molar-refractivity contribution >= 4 is 10.0 Å². The van der Waals surface area contributed by atoms with Gasteiger partial charge in [-0.15, -0.1) is 10.2 Å². The van der Waals surface area contributed by atoms with Crippen molar-refractivity contribution in [2.24, 2.45) is 0 Å². The molecule has 4 rings (SSSR count). The Hall–Kier alpha value is -1.93. The number of fused-ring (bicyclic) bond motifs is 1. The van der Waals surface area contributed by atoms with Crippen LogP contribution in [0.1, 0.15) is 49.8 Å². The van der Waals surface area contributed by atoms with Crippen LogP contribution in [0.3, 0.4) is 0 Å². The van der Waals surface area contributed by atoms with Crippen LogP contribution in [0.4, 0.5) is 0 Å². The fourth-order valence-corrected chi connectivity index (χ4v) is 5.58. The molecule has 2 aliphatic heterocycles. The summed E-state index contributed by atoms with van der Waals surface area (Å²) in [4.78, 5) is 0.292. The van der Waals surface area contributed by atoms with Crippen molar-refractivity contribution in [2.45, 2.75) is 56.0 Å². The van der Waals surface area contributed by atoms with Gasteiger partial charge in [-0.25, -0.2) is 8.42 Å². The lowest BCUT2D eigenvalue weighted by atomic mass is 10.2. The first-order chi connectivity index (χ1) is 12.6. The van der Waals surface area contributed by atoms with Crippen LogP contribution >= 0.6 is 0 Å². The second-order valence-electron chi connectivity index (χ2n) is 6.89. The summed E-state index contributed by atoms with van der Waals surface area (Å²) < 4.78 is 35.3. The van der Waals surface area contributed by atoms with E-state index in [2.05, 4.69) is 14.8 Å². The van der Waals surface area contributed by atoms with E-state index in [1.165, 1.54) is 6.42 Å². The van der Waals surface area contributed by atoms with Crippen LogP contribution in [0.2, 0.25) is 0 Å². The molecule has 2 aliphatic rings. The maximum absolute atomic E-state index is 13.2. The summed E-state index contributed by atoms with van der Waals surface area (Å²) in [5.74, 6) is 2.44. The Bertz CT molecular complexity index is 876. The molecule has 1 aromatic carbocycles. The largest absolute Gasteiger partial charge is 0.497 e. The Morgan fingerprint density at radius 2 is 1.85 bits per heavy atom. The molecule has 0 spiro atoms. The van der Waals surface area contributed by atoms with Gasteiger partial charge in [-0.1, -0.05) is 6.42 Å². The van der Waals surface area contributed by atoms with Crippen molar-refractivity contribution < 1.29 is 13.2 Å². The molecule has 7 nitrogen and oxygen atoms in total. The lowest BCUT2D eigenvalue weighted by Gasteiger charge is -2.24. The number of ether oxygens (including phenoxy) is 1. The molecule has 3 heterocycles. The molecule has 0 saturated carbocycles. The van der Waals surface area contributed by atoms with Gasteiger partial charge in [0.15, 0.2) is 5.82 Å². The van der Waals surface area contributed by atoms with E-state index in [1.807, 2.05) is 0 Å². The van der Waals surface area contributed by atoms with Crippen molar-refractivity contribution in [3.63, 3.8) is 0 Å². The zero-order chi connectivity index (χ0) is 18.1. The molecule has 0 radical (unpaired) electrons. The molecule has 1 unspecified atom stereocenters. The number of hydrogen-bond acceptors (Lipinski definition) is 5. The molecule has 1 atom stereocenters. The Labute approximate surface area is 154 Å². The highest BCUT2D eigenvalue weighted by molar-refractivity contribution is 7.89. The number of nitrogens with zero attached hydrogens (tertiary/aromatic N) is 4. The second-order valence-corrected chi connectivity index (χ2v) is 8.78. The molecular weight excluding hydrogens is 352 g/mol. The maximum atomic E-state index is 13.2. The third-order valence-corrected chi connectivity index (χ3v) is 7.23. The number of sulfonamides is 1. The van der Waals surface area contributed by atoms with Gasteiger partial charge >= 0.3 is 0 Å². The molecule has 0 aliphatic carbocycles. The van der Waals surface area contributed by atoms with E-state index in [1.54, 1.807) is 35.7 Å². The highest BCUT2D eigenvalue weighted by Crippen LogP contribution is 2.36. The summed E-state index contributed by atoms with van der Waals surface area (Å²) in [6.45, 7) is 1.39. The summed E-state index contributed by atoms with van der Waals surface area (Å²) >= 11 is 0. The van der Waals surface area contributed by atoms with Gasteiger partial charge < -0.3 is 9.30 Å². The molecule has 8 heteroatoms. The summed E-state index contributed by atoms with van der Waals surface area (Å²) in [5, 5.41) is 8.74. The Morgan fingerprint density at radius 1 is 1.04 bits per heavy atom. The molecule has 0 bridgehead atoms. The summed E-state index contributed by atoms with van der Waals surface area (Å²) in [5.41, 5.74) is 0. The van der Waals surface area contributed by atoms with Gasteiger partial charge in [0.25, 0.3) is 0 Å². The van der Waals surface area contributed by atoms with Crippen LogP contribution in [-0.4, -0.2) is 41.1 Å². The molecule has 26 heavy (non-hydrogen) atoms. The molecule has 0 amide bonds. The fourth-order valence-electron chi connectivity index (χ4n) is 3.92. The third kappa shape index (κ3) is 3.01. The lowest BCUT2D eigenvalue weighted by Crippen LogP contribution is -2.32. The highest BCUT2D eigenvalue weighted by atomic mass is 32.2. The molecule has 140 valence electrons. The Balaban J connectivity index is 1.67. The van der Waals surface area contributed by atoms with Crippen LogP contribution in [0.25, 0.3) is 0 Å². The van der Waals surface area contributed by atoms with E-state index in [-0.39, 0.29) is 6.04 Å². The van der Waals surface area contributed by atoms with Gasteiger partial charge in [-0.2, -0.15) is 4.31 Å². The van der Waals surface area contributed by atoms with Gasteiger partial charge in [0, 0.05) is 19.5 Å². The van der Waals surface area contributed by atoms with E-state index in [9.17, 15) is 8.42 Å². The predicted molar refractivity (Wildman–Crippen MR) is 96.4 cm³/mol. The van der Waals surface area contributed by atoms with Crippen LogP contribution in [0.5, 0.6) is 5.75 Å². The smallest absolute Gasteiger partial charge is 0.243 e. The standard InChI is InChI=1S/C18H24N4O3S/c1-25-14-8-10-15(11-9-14)26(23,24)22-13-5-6-16(22)18-20-19-17-7-3-2-4-12-21(17)18/h8-11,16H,2-7,12-13H2,1H3. The Kier molecular flexibility index (Phi) is 4.71. The second kappa shape index (κ2) is 7.00. The number of aryl methyl sites for hydroxylation is 1. The minimum atomic E-state index is -3.58. The molecule has 1 saturated heterocycles. The molecule has 2 aromatic rings. The van der Waals surface area contributed by atoms with Crippen molar-refractivity contribution in [1.29, 1.82) is 0 Å². The van der Waals surface area contributed by atoms with Gasteiger partial charge in [0.1, 0.15) is 11.6 Å². The van der Waals surface area contributed by atoms with Crippen molar-refractivity contribution in [3.8, 4) is 5.75 Å². The van der Waals surface area contributed by atoms with E-state index >= 15 is 0 Å². The van der Waals surface area contributed by atoms with Crippen LogP contribution < -0.4 is 4.74 Å². The number of aromatic nitrogens is 3. The van der Waals surface area contributed by atoms with Gasteiger partial charge in [0.2, 0.25) is 10.0 Å². The first kappa shape index (κ1) is 17.5. The minimum Gasteiger partial charge on any atom is -0.497 e. The van der Waals surface area contributed by atoms with Crippen molar-refractivity contribution in [2.75, 3.05) is 13.7 Å². The van der Waals surface area contributed by atoms with Crippen LogP contribution in [0, 0.1) is 0 Å². The van der Waals surface area contributed by atoms with Gasteiger partial charge in [-0.3, -0.25) is 0 Å². The quantitative estimate of drug-likeness (QED) is 0.819. The zero-order valence-electron chi connectivity index (χ0n) is 15.0. The minimum absolute atomic E-state index is 0.235.